The van der Waals surface area contributed by atoms with E-state index in [4.69, 9.17) is 25.7 Å². The summed E-state index contributed by atoms with van der Waals surface area (Å²) < 4.78 is 17.5. The number of guanidine groups is 1. The second-order valence-corrected chi connectivity index (χ2v) is 24.6. The van der Waals surface area contributed by atoms with Crippen molar-refractivity contribution >= 4 is 23.9 Å². The molecule has 23 atom stereocenters. The number of rotatable bonds is 12. The molecule has 0 aromatic heterocycles. The van der Waals surface area contributed by atoms with Gasteiger partial charge in [0.05, 0.1) is 79.2 Å². The fraction of sp³-hybridized carbons (Fsp3) is 0.803. The van der Waals surface area contributed by atoms with Crippen LogP contribution in [0.3, 0.4) is 0 Å². The quantitative estimate of drug-likeness (QED) is 0.0333. The second-order valence-electron chi connectivity index (χ2n) is 24.6. The Balaban J connectivity index is 2.50. The van der Waals surface area contributed by atoms with Crippen LogP contribution >= 0.6 is 0 Å². The van der Waals surface area contributed by atoms with Gasteiger partial charge in [-0.05, 0) is 102 Å². The number of carbonyl (C=O) groups excluding carboxylic acids is 2. The third-order valence-electron chi connectivity index (χ3n) is 17.0. The molecule has 486 valence electrons. The van der Waals surface area contributed by atoms with Crippen LogP contribution in [-0.4, -0.2) is 199 Å². The van der Waals surface area contributed by atoms with Crippen LogP contribution in [0.25, 0.3) is 0 Å². The standard InChI is InChI=1S/C61H107N3O20/c1-33(16-12-10-11-15-23-64-60(62)63)24-37(5)57-36(4)17-13-14-18-46(67)38(6)49(70)27-43(66)25-42(65)26-44(82-55(77)31-54(75)76)28-45-29-52(73)58(79)61(81,84-45)32-53(74)34(2)19-21-47(68)39(7)50(71)30-51(72)40(8)48(69)22-20-35(3)56(78)41(9)59(80)83-57/h13-14,16-18,20,34,36-53,56-58,65-74,78-79,81H,10-12,15,19,21-32H2,1-9H3,(H,75,76)(H4,62,63,64)/b17-13?,18-14?,33-16+,35-20?. The van der Waals surface area contributed by atoms with E-state index in [0.717, 1.165) is 31.3 Å². The number of unbranched alkanes of at least 4 members (excludes halogenated alkanes) is 3. The molecule has 2 aliphatic heterocycles. The van der Waals surface area contributed by atoms with Crippen molar-refractivity contribution in [2.75, 3.05) is 6.54 Å². The number of carboxylic acids is 1. The molecule has 0 aliphatic carbocycles. The summed E-state index contributed by atoms with van der Waals surface area (Å²) >= 11 is 0. The molecule has 23 heteroatoms. The zero-order valence-corrected chi connectivity index (χ0v) is 51.0. The molecule has 18 N–H and O–H groups in total. The minimum absolute atomic E-state index is 0.0197. The number of carboxylic acid groups (broad SMARTS) is 1. The highest BCUT2D eigenvalue weighted by atomic mass is 16.7. The van der Waals surface area contributed by atoms with Gasteiger partial charge < -0.3 is 97.2 Å². The van der Waals surface area contributed by atoms with Crippen molar-refractivity contribution in [3.8, 4) is 0 Å². The van der Waals surface area contributed by atoms with Crippen LogP contribution in [0.15, 0.2) is 52.6 Å². The molecule has 23 unspecified atom stereocenters. The van der Waals surface area contributed by atoms with E-state index in [1.54, 1.807) is 58.9 Å². The number of ether oxygens (including phenoxy) is 3. The zero-order valence-electron chi connectivity index (χ0n) is 51.0. The Bertz CT molecular complexity index is 2110. The van der Waals surface area contributed by atoms with Gasteiger partial charge in [-0.15, -0.1) is 0 Å². The molecule has 84 heavy (non-hydrogen) atoms. The molecule has 2 heterocycles. The Morgan fingerprint density at radius 1 is 0.750 bits per heavy atom. The maximum absolute atomic E-state index is 13.9. The number of aliphatic hydroxyl groups is 13. The number of aliphatic hydroxyl groups excluding tert-OH is 12. The Labute approximate surface area is 496 Å². The molecule has 1 fully saturated rings. The molecule has 0 aromatic rings. The highest BCUT2D eigenvalue weighted by Gasteiger charge is 2.50. The van der Waals surface area contributed by atoms with Crippen LogP contribution in [0.4, 0.5) is 0 Å². The second kappa shape index (κ2) is 37.7. The first-order chi connectivity index (χ1) is 39.2. The Morgan fingerprint density at radius 2 is 1.36 bits per heavy atom. The average molecular weight is 1200 g/mol. The summed E-state index contributed by atoms with van der Waals surface area (Å²) in [5, 5.41) is 154. The van der Waals surface area contributed by atoms with Crippen molar-refractivity contribution in [3.63, 3.8) is 0 Å². The number of nitrogens with two attached hydrogens (primary N) is 2. The largest absolute Gasteiger partial charge is 0.481 e. The highest BCUT2D eigenvalue weighted by molar-refractivity contribution is 5.90. The van der Waals surface area contributed by atoms with Crippen LogP contribution in [0.2, 0.25) is 0 Å². The van der Waals surface area contributed by atoms with Crippen LogP contribution in [0, 0.1) is 41.4 Å². The van der Waals surface area contributed by atoms with E-state index in [1.807, 2.05) is 20.8 Å². The monoisotopic (exact) mass is 1200 g/mol. The Hall–Kier alpha value is -3.92. The summed E-state index contributed by atoms with van der Waals surface area (Å²) in [5.74, 6) is -10.6. The molecular weight excluding hydrogens is 1090 g/mol. The fourth-order valence-electron chi connectivity index (χ4n) is 10.9. The topological polar surface area (TPSA) is 427 Å². The maximum atomic E-state index is 13.9. The van der Waals surface area contributed by atoms with Gasteiger partial charge in [0.1, 0.15) is 24.7 Å². The van der Waals surface area contributed by atoms with E-state index in [1.165, 1.54) is 13.0 Å². The van der Waals surface area contributed by atoms with Crippen LogP contribution in [0.5, 0.6) is 0 Å². The number of hydrogen-bond acceptors (Lipinski definition) is 20. The number of allylic oxidation sites excluding steroid dienone is 4. The van der Waals surface area contributed by atoms with Gasteiger partial charge in [0.25, 0.3) is 0 Å². The van der Waals surface area contributed by atoms with Crippen LogP contribution in [0.1, 0.15) is 165 Å². The lowest BCUT2D eigenvalue weighted by Gasteiger charge is -2.45. The molecule has 0 amide bonds. The molecule has 0 saturated carbocycles. The first-order valence-electron chi connectivity index (χ1n) is 30.1. The number of aliphatic carboxylic acids is 1. The first-order valence-corrected chi connectivity index (χ1v) is 30.1. The number of fused-ring (bicyclic) bond motifs is 2. The smallest absolute Gasteiger partial charge is 0.317 e. The van der Waals surface area contributed by atoms with Crippen molar-refractivity contribution in [3.05, 3.63) is 47.6 Å². The van der Waals surface area contributed by atoms with Gasteiger partial charge in [0.15, 0.2) is 11.7 Å². The predicted molar refractivity (Wildman–Crippen MR) is 314 cm³/mol. The Morgan fingerprint density at radius 3 is 1.99 bits per heavy atom. The van der Waals surface area contributed by atoms with Crippen molar-refractivity contribution < 1.29 is 100 Å². The predicted octanol–water partition coefficient (Wildman–Crippen LogP) is 2.30. The summed E-state index contributed by atoms with van der Waals surface area (Å²) in [6.45, 7) is 15.9. The lowest BCUT2D eigenvalue weighted by Crippen LogP contribution is -2.60. The van der Waals surface area contributed by atoms with E-state index in [9.17, 15) is 85.9 Å². The van der Waals surface area contributed by atoms with Gasteiger partial charge in [-0.1, -0.05) is 90.0 Å². The SMILES string of the molecule is CC1=CCC(O)C(C)C(O)CC(O)C(C)C(O)CCC(C)C(O)CC2(O)OC(CC(OC(=O)CC(=O)O)CC(O)CC(O)CC(O)C(C)C(O)C=CC=CC(C)C(C(C)C/C(C)=C/CCCCCN=C(N)N)OC(=O)C(C)C1O)CC(O)C2O. The zero-order chi connectivity index (χ0) is 63.8. The molecule has 2 aliphatic rings. The third kappa shape index (κ3) is 27.0. The number of aliphatic imine (C=N–C) groups is 1. The minimum atomic E-state index is -2.58. The maximum Gasteiger partial charge on any atom is 0.317 e. The van der Waals surface area contributed by atoms with E-state index < -0.39 is 170 Å². The molecule has 0 spiro atoms. The average Bonchev–Trinajstić information content (AvgIpc) is 2.36. The van der Waals surface area contributed by atoms with Gasteiger partial charge in [-0.25, -0.2) is 0 Å². The number of hydrogen-bond donors (Lipinski definition) is 16. The van der Waals surface area contributed by atoms with E-state index in [-0.39, 0.29) is 63.2 Å². The molecular formula is C61H107N3O20. The summed E-state index contributed by atoms with van der Waals surface area (Å²) in [5.41, 5.74) is 12.3. The summed E-state index contributed by atoms with van der Waals surface area (Å²) in [6, 6.07) is 0. The third-order valence-corrected chi connectivity index (χ3v) is 17.0. The summed E-state index contributed by atoms with van der Waals surface area (Å²) in [7, 11) is 0. The lowest BCUT2D eigenvalue weighted by atomic mass is 9.83. The van der Waals surface area contributed by atoms with Gasteiger partial charge in [0, 0.05) is 55.9 Å². The van der Waals surface area contributed by atoms with Crippen molar-refractivity contribution in [1.29, 1.82) is 0 Å². The van der Waals surface area contributed by atoms with Crippen LogP contribution < -0.4 is 11.5 Å². The highest BCUT2D eigenvalue weighted by Crippen LogP contribution is 2.37. The first kappa shape index (κ1) is 76.2. The van der Waals surface area contributed by atoms with Crippen LogP contribution in [-0.2, 0) is 28.6 Å². The van der Waals surface area contributed by atoms with E-state index in [0.29, 0.717) is 18.5 Å². The molecule has 0 radical (unpaired) electrons. The molecule has 0 aromatic carbocycles. The van der Waals surface area contributed by atoms with Crippen molar-refractivity contribution in [1.82, 2.24) is 0 Å². The van der Waals surface area contributed by atoms with Crippen molar-refractivity contribution in [2.45, 2.75) is 262 Å². The summed E-state index contributed by atoms with van der Waals surface area (Å²) in [4.78, 5) is 42.0. The fourth-order valence-corrected chi connectivity index (χ4v) is 10.9. The molecule has 23 nitrogen and oxygen atoms in total. The molecule has 2 bridgehead atoms. The minimum Gasteiger partial charge on any atom is -0.481 e. The number of carbonyl (C=O) groups is 3. The summed E-state index contributed by atoms with van der Waals surface area (Å²) in [6.07, 6.45) is -8.86. The number of cyclic esters (lactones) is 1. The van der Waals surface area contributed by atoms with Gasteiger partial charge >= 0.3 is 17.9 Å². The lowest BCUT2D eigenvalue weighted by molar-refractivity contribution is -0.333. The Kier molecular flexibility index (Phi) is 34.2. The number of nitrogens with zero attached hydrogens (tertiary/aromatic N) is 1. The molecule has 1 saturated heterocycles. The van der Waals surface area contributed by atoms with Gasteiger partial charge in [-0.3, -0.25) is 19.4 Å². The van der Waals surface area contributed by atoms with E-state index in [2.05, 4.69) is 11.1 Å². The van der Waals surface area contributed by atoms with E-state index >= 15 is 0 Å². The number of esters is 2. The molecule has 2 rings (SSSR count). The van der Waals surface area contributed by atoms with Gasteiger partial charge in [0.2, 0.25) is 0 Å². The van der Waals surface area contributed by atoms with Gasteiger partial charge in [-0.2, -0.15) is 0 Å². The normalized spacial score (nSPS) is 38.5. The van der Waals surface area contributed by atoms with Crippen molar-refractivity contribution in [2.24, 2.45) is 57.9 Å².